The third-order valence-electron chi connectivity index (χ3n) is 4.55. The van der Waals surface area contributed by atoms with Crippen molar-refractivity contribution in [1.82, 2.24) is 15.3 Å². The molecule has 3 aromatic rings. The van der Waals surface area contributed by atoms with Gasteiger partial charge in [0, 0.05) is 42.4 Å². The molecule has 2 aromatic heterocycles. The van der Waals surface area contributed by atoms with Crippen LogP contribution in [-0.2, 0) is 11.2 Å². The van der Waals surface area contributed by atoms with Crippen molar-refractivity contribution in [2.45, 2.75) is 18.9 Å². The predicted octanol–water partition coefficient (Wildman–Crippen LogP) is 2.50. The van der Waals surface area contributed by atoms with E-state index >= 15 is 0 Å². The average Bonchev–Trinajstić information content (AvgIpc) is 3.23. The Morgan fingerprint density at radius 3 is 3.00 bits per heavy atom. The fourth-order valence-corrected chi connectivity index (χ4v) is 3.36. The number of aromatic amines is 1. The van der Waals surface area contributed by atoms with Gasteiger partial charge in [-0.05, 0) is 30.2 Å². The number of hydrogen-bond donors (Lipinski definition) is 2. The predicted molar refractivity (Wildman–Crippen MR) is 95.0 cm³/mol. The van der Waals surface area contributed by atoms with Crippen LogP contribution in [0.5, 0.6) is 0 Å². The van der Waals surface area contributed by atoms with Crippen molar-refractivity contribution in [3.63, 3.8) is 0 Å². The van der Waals surface area contributed by atoms with Gasteiger partial charge < -0.3 is 15.2 Å². The minimum absolute atomic E-state index is 0.0765. The van der Waals surface area contributed by atoms with E-state index in [1.54, 1.807) is 6.20 Å². The van der Waals surface area contributed by atoms with Gasteiger partial charge in [-0.3, -0.25) is 4.79 Å². The standard InChI is InChI=1S/C19H20N4O/c24-19(11-14-12-21-17-6-2-1-5-16(14)17)22-15-8-10-23(13-15)18-7-3-4-9-20-18/h1-7,9,12,15,21H,8,10-11,13H2,(H,22,24)/t15-/m0/s1. The minimum atomic E-state index is 0.0765. The molecule has 0 radical (unpaired) electrons. The molecule has 3 heterocycles. The molecule has 1 aliphatic heterocycles. The van der Waals surface area contributed by atoms with Crippen LogP contribution >= 0.6 is 0 Å². The minimum Gasteiger partial charge on any atom is -0.361 e. The summed E-state index contributed by atoms with van der Waals surface area (Å²) in [5.41, 5.74) is 2.12. The Hall–Kier alpha value is -2.82. The van der Waals surface area contributed by atoms with E-state index < -0.39 is 0 Å². The van der Waals surface area contributed by atoms with Gasteiger partial charge in [-0.1, -0.05) is 24.3 Å². The molecule has 5 nitrogen and oxygen atoms in total. The van der Waals surface area contributed by atoms with Gasteiger partial charge >= 0.3 is 0 Å². The first-order valence-electron chi connectivity index (χ1n) is 8.30. The molecule has 0 spiro atoms. The van der Waals surface area contributed by atoms with Crippen molar-refractivity contribution in [3.05, 3.63) is 60.4 Å². The Bertz CT molecular complexity index is 843. The van der Waals surface area contributed by atoms with Crippen LogP contribution in [0, 0.1) is 0 Å². The molecular weight excluding hydrogens is 300 g/mol. The highest BCUT2D eigenvalue weighted by atomic mass is 16.1. The second kappa shape index (κ2) is 6.35. The smallest absolute Gasteiger partial charge is 0.224 e. The Labute approximate surface area is 140 Å². The van der Waals surface area contributed by atoms with E-state index in [1.165, 1.54) is 0 Å². The monoisotopic (exact) mass is 320 g/mol. The van der Waals surface area contributed by atoms with Gasteiger partial charge in [-0.25, -0.2) is 4.98 Å². The molecule has 0 bridgehead atoms. The highest BCUT2D eigenvalue weighted by Gasteiger charge is 2.24. The lowest BCUT2D eigenvalue weighted by Gasteiger charge is -2.17. The van der Waals surface area contributed by atoms with Crippen molar-refractivity contribution >= 4 is 22.6 Å². The molecule has 1 saturated heterocycles. The lowest BCUT2D eigenvalue weighted by molar-refractivity contribution is -0.121. The molecule has 1 atom stereocenters. The second-order valence-electron chi connectivity index (χ2n) is 6.22. The molecule has 2 N–H and O–H groups in total. The summed E-state index contributed by atoms with van der Waals surface area (Å²) in [5.74, 6) is 1.05. The van der Waals surface area contributed by atoms with Crippen LogP contribution in [0.15, 0.2) is 54.9 Å². The maximum Gasteiger partial charge on any atom is 0.224 e. The molecular formula is C19H20N4O. The van der Waals surface area contributed by atoms with Gasteiger partial charge in [0.25, 0.3) is 0 Å². The molecule has 122 valence electrons. The number of rotatable bonds is 4. The zero-order valence-corrected chi connectivity index (χ0v) is 13.4. The number of carbonyl (C=O) groups excluding carboxylic acids is 1. The van der Waals surface area contributed by atoms with E-state index in [2.05, 4.69) is 20.2 Å². The number of amides is 1. The fourth-order valence-electron chi connectivity index (χ4n) is 3.36. The molecule has 1 aliphatic rings. The quantitative estimate of drug-likeness (QED) is 0.776. The number of benzene rings is 1. The van der Waals surface area contributed by atoms with Crippen molar-refractivity contribution in [1.29, 1.82) is 0 Å². The van der Waals surface area contributed by atoms with Gasteiger partial charge in [0.05, 0.1) is 6.42 Å². The first-order chi connectivity index (χ1) is 11.8. The van der Waals surface area contributed by atoms with Gasteiger partial charge in [-0.2, -0.15) is 0 Å². The SMILES string of the molecule is O=C(Cc1c[nH]c2ccccc12)N[C@H]1CCN(c2ccccn2)C1. The van der Waals surface area contributed by atoms with E-state index in [1.807, 2.05) is 48.7 Å². The van der Waals surface area contributed by atoms with Crippen LogP contribution in [0.4, 0.5) is 5.82 Å². The van der Waals surface area contributed by atoms with E-state index in [0.717, 1.165) is 41.8 Å². The molecule has 0 saturated carbocycles. The van der Waals surface area contributed by atoms with Gasteiger partial charge in [0.1, 0.15) is 5.82 Å². The third kappa shape index (κ3) is 2.97. The number of hydrogen-bond acceptors (Lipinski definition) is 3. The first kappa shape index (κ1) is 14.8. The summed E-state index contributed by atoms with van der Waals surface area (Å²) in [6.07, 6.45) is 5.09. The molecule has 5 heteroatoms. The highest BCUT2D eigenvalue weighted by molar-refractivity contribution is 5.89. The number of anilines is 1. The number of aromatic nitrogens is 2. The number of pyridine rings is 1. The van der Waals surface area contributed by atoms with Gasteiger partial charge in [0.15, 0.2) is 0 Å². The number of nitrogens with one attached hydrogen (secondary N) is 2. The molecule has 0 unspecified atom stereocenters. The number of para-hydroxylation sites is 1. The fraction of sp³-hybridized carbons (Fsp3) is 0.263. The van der Waals surface area contributed by atoms with Crippen LogP contribution < -0.4 is 10.2 Å². The summed E-state index contributed by atoms with van der Waals surface area (Å²) in [7, 11) is 0. The van der Waals surface area contributed by atoms with Crippen LogP contribution in [0.25, 0.3) is 10.9 Å². The van der Waals surface area contributed by atoms with Crippen molar-refractivity contribution in [2.75, 3.05) is 18.0 Å². The van der Waals surface area contributed by atoms with Crippen LogP contribution in [0.2, 0.25) is 0 Å². The lowest BCUT2D eigenvalue weighted by Crippen LogP contribution is -2.38. The normalized spacial score (nSPS) is 17.3. The number of fused-ring (bicyclic) bond motifs is 1. The van der Waals surface area contributed by atoms with Gasteiger partial charge in [-0.15, -0.1) is 0 Å². The van der Waals surface area contributed by atoms with Crippen molar-refractivity contribution < 1.29 is 4.79 Å². The summed E-state index contributed by atoms with van der Waals surface area (Å²) in [4.78, 5) is 22.2. The maximum atomic E-state index is 12.4. The molecule has 4 rings (SSSR count). The molecule has 24 heavy (non-hydrogen) atoms. The highest BCUT2D eigenvalue weighted by Crippen LogP contribution is 2.19. The first-order valence-corrected chi connectivity index (χ1v) is 8.30. The molecule has 0 aliphatic carbocycles. The Balaban J connectivity index is 1.37. The average molecular weight is 320 g/mol. The zero-order chi connectivity index (χ0) is 16.4. The topological polar surface area (TPSA) is 61.0 Å². The summed E-state index contributed by atoms with van der Waals surface area (Å²) in [6, 6.07) is 14.2. The summed E-state index contributed by atoms with van der Waals surface area (Å²) >= 11 is 0. The Kier molecular flexibility index (Phi) is 3.91. The number of H-pyrrole nitrogens is 1. The Morgan fingerprint density at radius 1 is 1.25 bits per heavy atom. The van der Waals surface area contributed by atoms with Gasteiger partial charge in [0.2, 0.25) is 5.91 Å². The van der Waals surface area contributed by atoms with Crippen LogP contribution in [0.3, 0.4) is 0 Å². The molecule has 1 amide bonds. The maximum absolute atomic E-state index is 12.4. The summed E-state index contributed by atoms with van der Waals surface area (Å²) in [6.45, 7) is 1.74. The van der Waals surface area contributed by atoms with Crippen molar-refractivity contribution in [2.24, 2.45) is 0 Å². The number of carbonyl (C=O) groups is 1. The summed E-state index contributed by atoms with van der Waals surface area (Å²) in [5, 5.41) is 4.28. The third-order valence-corrected chi connectivity index (χ3v) is 4.55. The molecule has 1 aromatic carbocycles. The lowest BCUT2D eigenvalue weighted by atomic mass is 10.1. The van der Waals surface area contributed by atoms with Crippen LogP contribution in [-0.4, -0.2) is 35.0 Å². The van der Waals surface area contributed by atoms with Crippen molar-refractivity contribution in [3.8, 4) is 0 Å². The Morgan fingerprint density at radius 2 is 2.12 bits per heavy atom. The number of nitrogens with zero attached hydrogens (tertiary/aromatic N) is 2. The van der Waals surface area contributed by atoms with E-state index in [0.29, 0.717) is 6.42 Å². The van der Waals surface area contributed by atoms with E-state index in [-0.39, 0.29) is 11.9 Å². The second-order valence-corrected chi connectivity index (χ2v) is 6.22. The van der Waals surface area contributed by atoms with E-state index in [4.69, 9.17) is 0 Å². The zero-order valence-electron chi connectivity index (χ0n) is 13.4. The summed E-state index contributed by atoms with van der Waals surface area (Å²) < 4.78 is 0. The molecule has 1 fully saturated rings. The van der Waals surface area contributed by atoms with E-state index in [9.17, 15) is 4.79 Å². The largest absolute Gasteiger partial charge is 0.361 e. The van der Waals surface area contributed by atoms with Crippen LogP contribution in [0.1, 0.15) is 12.0 Å².